The number of carbonyl (C=O) groups is 19. The van der Waals surface area contributed by atoms with Gasteiger partial charge < -0.3 is 122 Å². The number of phenolic OH excluding ortho intramolecular Hbond substituents is 1. The molecule has 2 aromatic carbocycles. The van der Waals surface area contributed by atoms with E-state index in [0.717, 1.165) is 4.90 Å². The third-order valence-corrected chi connectivity index (χ3v) is 19.0. The second-order valence-corrected chi connectivity index (χ2v) is 31.3. The topological polar surface area (TPSA) is 683 Å². The highest BCUT2D eigenvalue weighted by Crippen LogP contribution is 2.23. The summed E-state index contributed by atoms with van der Waals surface area (Å²) in [5.74, 6) is -22.5. The summed E-state index contributed by atoms with van der Waals surface area (Å²) in [7, 11) is 0. The first-order valence-corrected chi connectivity index (χ1v) is 40.2. The van der Waals surface area contributed by atoms with E-state index in [4.69, 9.17) is 17.2 Å². The Hall–Kier alpha value is -12.0. The molecule has 0 saturated carbocycles. The summed E-state index contributed by atoms with van der Waals surface area (Å²) in [6.45, 7) is 11.2. The number of nitrogens with one attached hydrogen (secondary N) is 13. The first-order chi connectivity index (χ1) is 56.9. The summed E-state index contributed by atoms with van der Waals surface area (Å²) in [5.41, 5.74) is 17.6. The fourth-order valence-electron chi connectivity index (χ4n) is 12.9. The molecule has 13 atom stereocenters. The zero-order valence-electron chi connectivity index (χ0n) is 69.4. The Balaban J connectivity index is 1.88. The van der Waals surface area contributed by atoms with Crippen molar-refractivity contribution in [3.63, 3.8) is 0 Å². The van der Waals surface area contributed by atoms with Crippen LogP contribution in [0.15, 0.2) is 54.6 Å². The lowest BCUT2D eigenvalue weighted by atomic mass is 9.99. The highest BCUT2D eigenvalue weighted by Gasteiger charge is 2.42. The molecule has 25 N–H and O–H groups in total. The molecule has 42 nitrogen and oxygen atoms in total. The van der Waals surface area contributed by atoms with Gasteiger partial charge in [0.05, 0.1) is 26.1 Å². The number of carboxylic acids is 4. The molecule has 672 valence electrons. The first-order valence-electron chi connectivity index (χ1n) is 40.2. The third-order valence-electron chi connectivity index (χ3n) is 19.0. The number of aliphatic hydroxyl groups is 1. The number of hydrogen-bond donors (Lipinski definition) is 22. The Morgan fingerprint density at radius 2 is 0.802 bits per heavy atom. The van der Waals surface area contributed by atoms with Crippen LogP contribution in [0.1, 0.15) is 169 Å². The molecule has 0 spiro atoms. The van der Waals surface area contributed by atoms with Crippen molar-refractivity contribution in [2.24, 2.45) is 40.9 Å². The molecule has 1 heterocycles. The lowest BCUT2D eigenvalue weighted by Crippen LogP contribution is -2.61. The molecule has 0 unspecified atom stereocenters. The Kier molecular flexibility index (Phi) is 45.1. The van der Waals surface area contributed by atoms with E-state index in [1.165, 1.54) is 24.3 Å². The van der Waals surface area contributed by atoms with Crippen LogP contribution in [0.4, 0.5) is 0 Å². The number of carboxylic acid groups (broad SMARTS) is 4. The maximum atomic E-state index is 14.8. The largest absolute Gasteiger partial charge is 0.508 e. The van der Waals surface area contributed by atoms with Gasteiger partial charge >= 0.3 is 23.9 Å². The number of likely N-dealkylation sites (tertiary alicyclic amines) is 1. The smallest absolute Gasteiger partial charge is 0.326 e. The van der Waals surface area contributed by atoms with Gasteiger partial charge in [0.15, 0.2) is 0 Å². The van der Waals surface area contributed by atoms with Crippen LogP contribution in [0, 0.1) is 23.7 Å². The van der Waals surface area contributed by atoms with E-state index in [-0.39, 0.29) is 94.4 Å². The SMILES string of the molecule is CC(C)C[C@H](NC(=O)CN)C(=O)N[C@@H](CCCCN)C(=O)N[C@@H](CC(C)C)C(=O)N[C@@H](CCC(=O)O)C(=O)NCC(=O)N[C@@H](CC(=O)O)C(=O)N[C@@H](CO)C(=O)N[C@@H](CCC(=O)O)C(=O)N[C@@H](Cc1ccccc1)C(=O)N[C@@H](CC(C)C)C(=O)N[C@@H](CCC(N)=O)C(=O)N1CCC[C@H]1C(=O)N[C@@H](CC(C)C)C(=O)N[C@@H](Cc1ccc(O)cc1)C(=O)O. The molecule has 1 saturated heterocycles. The second kappa shape index (κ2) is 52.9. The van der Waals surface area contributed by atoms with E-state index >= 15 is 0 Å². The molecule has 1 aliphatic heterocycles. The van der Waals surface area contributed by atoms with Crippen molar-refractivity contribution in [1.29, 1.82) is 0 Å². The fourth-order valence-corrected chi connectivity index (χ4v) is 12.9. The number of nitrogens with two attached hydrogens (primary N) is 3. The number of aromatic hydroxyl groups is 1. The minimum Gasteiger partial charge on any atom is -0.508 e. The summed E-state index contributed by atoms with van der Waals surface area (Å²) in [6, 6.07) is -7.11. The number of benzene rings is 2. The zero-order valence-corrected chi connectivity index (χ0v) is 69.4. The number of hydrogen-bond acceptors (Lipinski definition) is 23. The standard InChI is InChI=1S/C79H121N17O25/c1-41(2)31-52(84-62(100)38-81)70(111)86-48(17-12-13-29-80)68(109)90-53(32-42(3)4)71(112)87-49(24-27-64(102)103)67(108)83-39-63(101)85-57(37-66(106)107)75(116)95-59(40-97)76(117)88-50(25-28-65(104)105)69(110)92-56(35-45-15-10-9-11-16-45)74(115)91-54(33-43(5)6)72(113)89-51(23-26-61(82)99)78(119)96-30-14-18-60(96)77(118)93-55(34-44(7)8)73(114)94-58(79(120)121)36-46-19-21-47(98)22-20-46/h9-11,15-16,19-22,41-44,48-60,97-98H,12-14,17-18,23-40,80-81H2,1-8H3,(H2,82,99)(H,83,108)(H,84,100)(H,85,101)(H,86,111)(H,87,112)(H,88,117)(H,89,113)(H,90,109)(H,91,115)(H,92,110)(H,93,118)(H,94,114)(H,95,116)(H,102,103)(H,104,105)(H,106,107)(H,120,121)/t48-,49-,50-,51-,52-,53-,54-,55-,56-,57-,58-,59-,60-/m0/s1. The van der Waals surface area contributed by atoms with Crippen molar-refractivity contribution in [3.8, 4) is 5.75 Å². The average Bonchev–Trinajstić information content (AvgIpc) is 1.11. The maximum absolute atomic E-state index is 14.8. The van der Waals surface area contributed by atoms with E-state index in [1.54, 1.807) is 85.7 Å². The van der Waals surface area contributed by atoms with Gasteiger partial charge in [0, 0.05) is 38.6 Å². The number of aliphatic hydroxyl groups excluding tert-OH is 1. The Morgan fingerprint density at radius 1 is 0.413 bits per heavy atom. The molecule has 1 fully saturated rings. The maximum Gasteiger partial charge on any atom is 0.326 e. The van der Waals surface area contributed by atoms with Gasteiger partial charge in [-0.25, -0.2) is 4.79 Å². The van der Waals surface area contributed by atoms with E-state index in [2.05, 4.69) is 63.8 Å². The van der Waals surface area contributed by atoms with Gasteiger partial charge in [-0.05, 0) is 131 Å². The number of rotatable bonds is 56. The minimum absolute atomic E-state index is 0.0241. The van der Waals surface area contributed by atoms with Gasteiger partial charge in [0.2, 0.25) is 88.6 Å². The number of unbranched alkanes of at least 4 members (excludes halogenated alkanes) is 1. The Labute approximate surface area is 700 Å². The highest BCUT2D eigenvalue weighted by molar-refractivity contribution is 6.01. The minimum atomic E-state index is -2.13. The van der Waals surface area contributed by atoms with Gasteiger partial charge in [-0.2, -0.15) is 0 Å². The molecule has 0 aliphatic carbocycles. The Morgan fingerprint density at radius 3 is 1.26 bits per heavy atom. The number of phenols is 1. The van der Waals surface area contributed by atoms with E-state index in [0.29, 0.717) is 24.0 Å². The number of amides is 15. The molecule has 121 heavy (non-hydrogen) atoms. The monoisotopic (exact) mass is 1710 g/mol. The van der Waals surface area contributed by atoms with E-state index in [1.807, 2.05) is 5.32 Å². The van der Waals surface area contributed by atoms with Gasteiger partial charge in [0.1, 0.15) is 84.3 Å². The molecule has 42 heteroatoms. The van der Waals surface area contributed by atoms with Crippen LogP contribution in [0.2, 0.25) is 0 Å². The zero-order chi connectivity index (χ0) is 90.9. The van der Waals surface area contributed by atoms with Crippen molar-refractivity contribution in [1.82, 2.24) is 74.0 Å². The van der Waals surface area contributed by atoms with Gasteiger partial charge in [0.25, 0.3) is 0 Å². The van der Waals surface area contributed by atoms with Crippen LogP contribution < -0.4 is 86.3 Å². The second-order valence-electron chi connectivity index (χ2n) is 31.3. The van der Waals surface area contributed by atoms with E-state index < -0.39 is 262 Å². The quantitative estimate of drug-likeness (QED) is 0.0280. The fraction of sp³-hybridized carbons (Fsp3) is 0.608. The lowest BCUT2D eigenvalue weighted by molar-refractivity contribution is -0.144. The summed E-state index contributed by atoms with van der Waals surface area (Å²) in [6.07, 6.45) is -4.58. The number of aliphatic carboxylic acids is 4. The molecule has 3 rings (SSSR count). The number of carbonyl (C=O) groups excluding carboxylic acids is 15. The van der Waals surface area contributed by atoms with Crippen LogP contribution >= 0.6 is 0 Å². The summed E-state index contributed by atoms with van der Waals surface area (Å²) in [5, 5.41) is 90.9. The molecule has 15 amide bonds. The average molecular weight is 1710 g/mol. The predicted octanol–water partition coefficient (Wildman–Crippen LogP) is -4.08. The highest BCUT2D eigenvalue weighted by atomic mass is 16.4. The molecular weight excluding hydrogens is 1590 g/mol. The normalized spacial score (nSPS) is 15.4. The van der Waals surface area contributed by atoms with Crippen molar-refractivity contribution in [2.45, 2.75) is 250 Å². The van der Waals surface area contributed by atoms with Crippen molar-refractivity contribution < 1.29 is 122 Å². The van der Waals surface area contributed by atoms with Crippen molar-refractivity contribution >= 4 is 112 Å². The van der Waals surface area contributed by atoms with Crippen LogP contribution in [0.3, 0.4) is 0 Å². The molecule has 0 bridgehead atoms. The van der Waals surface area contributed by atoms with Crippen molar-refractivity contribution in [3.05, 3.63) is 65.7 Å². The van der Waals surface area contributed by atoms with Crippen LogP contribution in [-0.2, 0) is 104 Å². The molecule has 0 aromatic heterocycles. The van der Waals surface area contributed by atoms with Crippen LogP contribution in [0.25, 0.3) is 0 Å². The van der Waals surface area contributed by atoms with Gasteiger partial charge in [-0.3, -0.25) is 86.3 Å². The van der Waals surface area contributed by atoms with Crippen LogP contribution in [0.5, 0.6) is 5.75 Å². The van der Waals surface area contributed by atoms with Crippen molar-refractivity contribution in [2.75, 3.05) is 32.8 Å². The molecular formula is C79H121N17O25. The molecule has 0 radical (unpaired) electrons. The van der Waals surface area contributed by atoms with Gasteiger partial charge in [-0.15, -0.1) is 0 Å². The van der Waals surface area contributed by atoms with Crippen LogP contribution in [-0.4, -0.2) is 259 Å². The lowest BCUT2D eigenvalue weighted by Gasteiger charge is -2.31. The van der Waals surface area contributed by atoms with E-state index in [9.17, 15) is 122 Å². The predicted molar refractivity (Wildman–Crippen MR) is 432 cm³/mol. The third kappa shape index (κ3) is 38.8. The molecule has 1 aliphatic rings. The first kappa shape index (κ1) is 103. The number of nitrogens with zero attached hydrogens (tertiary/aromatic N) is 1. The molecule has 2 aromatic rings. The Bertz CT molecular complexity index is 3890. The summed E-state index contributed by atoms with van der Waals surface area (Å²) in [4.78, 5) is 258. The summed E-state index contributed by atoms with van der Waals surface area (Å²) >= 11 is 0. The van der Waals surface area contributed by atoms with Gasteiger partial charge in [-0.1, -0.05) is 97.9 Å². The summed E-state index contributed by atoms with van der Waals surface area (Å²) < 4.78 is 0. The number of primary amides is 1.